The Kier molecular flexibility index (Phi) is 4.65. The van der Waals surface area contributed by atoms with E-state index in [4.69, 9.17) is 0 Å². The smallest absolute Gasteiger partial charge is 0.335 e. The lowest BCUT2D eigenvalue weighted by atomic mass is 9.71. The zero-order valence-corrected chi connectivity index (χ0v) is 13.5. The zero-order chi connectivity index (χ0) is 17.0. The maximum atomic E-state index is 12.4. The van der Waals surface area contributed by atoms with Gasteiger partial charge in [0.2, 0.25) is 5.91 Å². The van der Waals surface area contributed by atoms with Crippen molar-refractivity contribution in [3.05, 3.63) is 71.3 Å². The van der Waals surface area contributed by atoms with Crippen LogP contribution in [0.1, 0.15) is 47.2 Å². The van der Waals surface area contributed by atoms with Gasteiger partial charge < -0.3 is 10.4 Å². The van der Waals surface area contributed by atoms with Crippen LogP contribution >= 0.6 is 0 Å². The molecule has 1 saturated carbocycles. The third kappa shape index (κ3) is 3.32. The van der Waals surface area contributed by atoms with Gasteiger partial charge in [-0.15, -0.1) is 0 Å². The van der Waals surface area contributed by atoms with Crippen LogP contribution in [0.4, 0.5) is 0 Å². The average molecular weight is 323 g/mol. The number of nitrogens with one attached hydrogen (secondary N) is 1. The topological polar surface area (TPSA) is 66.4 Å². The first-order chi connectivity index (χ1) is 11.6. The monoisotopic (exact) mass is 323 g/mol. The van der Waals surface area contributed by atoms with Crippen LogP contribution in [-0.4, -0.2) is 17.0 Å². The molecule has 0 bridgehead atoms. The minimum absolute atomic E-state index is 0.0289. The van der Waals surface area contributed by atoms with Gasteiger partial charge in [0, 0.05) is 6.42 Å². The summed E-state index contributed by atoms with van der Waals surface area (Å²) >= 11 is 0. The van der Waals surface area contributed by atoms with Gasteiger partial charge in [-0.05, 0) is 42.9 Å². The Morgan fingerprint density at radius 2 is 1.67 bits per heavy atom. The van der Waals surface area contributed by atoms with Crippen molar-refractivity contribution < 1.29 is 14.7 Å². The van der Waals surface area contributed by atoms with E-state index in [0.717, 1.165) is 24.8 Å². The number of carboxylic acid groups (broad SMARTS) is 1. The lowest BCUT2D eigenvalue weighted by Crippen LogP contribution is -2.50. The maximum absolute atomic E-state index is 12.4. The van der Waals surface area contributed by atoms with E-state index in [1.165, 1.54) is 0 Å². The number of benzene rings is 2. The van der Waals surface area contributed by atoms with E-state index in [1.807, 2.05) is 18.2 Å². The van der Waals surface area contributed by atoms with E-state index in [-0.39, 0.29) is 17.0 Å². The number of aromatic carboxylic acids is 1. The Hall–Kier alpha value is -2.62. The van der Waals surface area contributed by atoms with Crippen molar-refractivity contribution >= 4 is 11.9 Å². The van der Waals surface area contributed by atoms with Crippen molar-refractivity contribution in [2.75, 3.05) is 0 Å². The summed E-state index contributed by atoms with van der Waals surface area (Å²) in [6.07, 6.45) is 3.73. The van der Waals surface area contributed by atoms with Crippen molar-refractivity contribution in [2.45, 2.75) is 37.6 Å². The van der Waals surface area contributed by atoms with Crippen LogP contribution < -0.4 is 5.32 Å². The molecular weight excluding hydrogens is 302 g/mol. The molecule has 0 saturated heterocycles. The molecule has 4 heteroatoms. The molecule has 0 atom stereocenters. The molecule has 0 unspecified atom stereocenters. The van der Waals surface area contributed by atoms with Crippen LogP contribution in [0.15, 0.2) is 54.6 Å². The molecule has 0 aliphatic heterocycles. The molecule has 2 aromatic rings. The number of hydrogen-bond acceptors (Lipinski definition) is 2. The van der Waals surface area contributed by atoms with E-state index in [1.54, 1.807) is 24.3 Å². The van der Waals surface area contributed by atoms with Gasteiger partial charge >= 0.3 is 5.97 Å². The largest absolute Gasteiger partial charge is 0.478 e. The van der Waals surface area contributed by atoms with Gasteiger partial charge in [-0.1, -0.05) is 48.5 Å². The summed E-state index contributed by atoms with van der Waals surface area (Å²) in [7, 11) is 0. The quantitative estimate of drug-likeness (QED) is 0.855. The van der Waals surface area contributed by atoms with Gasteiger partial charge in [0.15, 0.2) is 0 Å². The molecule has 2 aromatic carbocycles. The highest BCUT2D eigenvalue weighted by Crippen LogP contribution is 2.41. The number of carboxylic acids is 1. The first-order valence-electron chi connectivity index (χ1n) is 8.28. The Morgan fingerprint density at radius 1 is 1.00 bits per heavy atom. The molecule has 2 N–H and O–H groups in total. The minimum atomic E-state index is -0.953. The van der Waals surface area contributed by atoms with Crippen LogP contribution in [-0.2, 0) is 16.8 Å². The van der Waals surface area contributed by atoms with Crippen molar-refractivity contribution in [3.8, 4) is 0 Å². The molecule has 0 heterocycles. The molecule has 3 rings (SSSR count). The number of carbonyl (C=O) groups is 2. The van der Waals surface area contributed by atoms with Crippen LogP contribution in [0, 0.1) is 0 Å². The standard InChI is InChI=1S/C20H21NO3/c22-18(12-11-15-7-4-5-10-17(15)19(23)24)21-20(13-6-14-20)16-8-2-1-3-9-16/h1-5,7-10H,6,11-14H2,(H,21,22)(H,23,24). The third-order valence-electron chi connectivity index (χ3n) is 4.78. The van der Waals surface area contributed by atoms with Crippen molar-refractivity contribution in [2.24, 2.45) is 0 Å². The summed E-state index contributed by atoms with van der Waals surface area (Å²) in [5.41, 5.74) is 1.87. The number of rotatable bonds is 6. The van der Waals surface area contributed by atoms with Gasteiger partial charge in [-0.2, -0.15) is 0 Å². The molecule has 0 spiro atoms. The fourth-order valence-corrected chi connectivity index (χ4v) is 3.30. The Bertz CT molecular complexity index is 736. The van der Waals surface area contributed by atoms with Crippen LogP contribution in [0.2, 0.25) is 0 Å². The summed E-state index contributed by atoms with van der Waals surface area (Å²) in [6.45, 7) is 0. The summed E-state index contributed by atoms with van der Waals surface area (Å²) in [5.74, 6) is -0.982. The summed E-state index contributed by atoms with van der Waals surface area (Å²) in [6, 6.07) is 16.9. The highest BCUT2D eigenvalue weighted by molar-refractivity contribution is 5.89. The average Bonchev–Trinajstić information content (AvgIpc) is 2.57. The predicted molar refractivity (Wildman–Crippen MR) is 91.8 cm³/mol. The van der Waals surface area contributed by atoms with Gasteiger partial charge in [0.05, 0.1) is 11.1 Å². The number of hydrogen-bond donors (Lipinski definition) is 2. The molecule has 1 fully saturated rings. The van der Waals surface area contributed by atoms with Gasteiger partial charge in [0.25, 0.3) is 0 Å². The van der Waals surface area contributed by atoms with Crippen molar-refractivity contribution in [3.63, 3.8) is 0 Å². The number of amides is 1. The molecule has 0 radical (unpaired) electrons. The van der Waals surface area contributed by atoms with Gasteiger partial charge in [-0.25, -0.2) is 4.79 Å². The molecule has 4 nitrogen and oxygen atoms in total. The van der Waals surface area contributed by atoms with E-state index < -0.39 is 5.97 Å². The highest BCUT2D eigenvalue weighted by Gasteiger charge is 2.39. The fraction of sp³-hybridized carbons (Fsp3) is 0.300. The first-order valence-corrected chi connectivity index (χ1v) is 8.28. The molecule has 0 aromatic heterocycles. The maximum Gasteiger partial charge on any atom is 0.335 e. The molecular formula is C20H21NO3. The molecule has 1 amide bonds. The summed E-state index contributed by atoms with van der Waals surface area (Å²) in [4.78, 5) is 23.7. The van der Waals surface area contributed by atoms with Gasteiger partial charge in [0.1, 0.15) is 0 Å². The lowest BCUT2D eigenvalue weighted by molar-refractivity contribution is -0.124. The number of carbonyl (C=O) groups excluding carboxylic acids is 1. The van der Waals surface area contributed by atoms with Crippen LogP contribution in [0.25, 0.3) is 0 Å². The third-order valence-corrected chi connectivity index (χ3v) is 4.78. The summed E-state index contributed by atoms with van der Waals surface area (Å²) in [5, 5.41) is 12.4. The molecule has 24 heavy (non-hydrogen) atoms. The number of aryl methyl sites for hydroxylation is 1. The lowest BCUT2D eigenvalue weighted by Gasteiger charge is -2.43. The minimum Gasteiger partial charge on any atom is -0.478 e. The first kappa shape index (κ1) is 16.2. The van der Waals surface area contributed by atoms with Crippen molar-refractivity contribution in [1.82, 2.24) is 5.32 Å². The second kappa shape index (κ2) is 6.87. The van der Waals surface area contributed by atoms with Crippen LogP contribution in [0.3, 0.4) is 0 Å². The second-order valence-corrected chi connectivity index (χ2v) is 6.31. The Labute approximate surface area is 141 Å². The van der Waals surface area contributed by atoms with E-state index in [9.17, 15) is 14.7 Å². The highest BCUT2D eigenvalue weighted by atomic mass is 16.4. The van der Waals surface area contributed by atoms with Gasteiger partial charge in [-0.3, -0.25) is 4.79 Å². The zero-order valence-electron chi connectivity index (χ0n) is 13.5. The Balaban J connectivity index is 1.65. The molecule has 124 valence electrons. The molecule has 1 aliphatic rings. The summed E-state index contributed by atoms with van der Waals surface area (Å²) < 4.78 is 0. The SMILES string of the molecule is O=C(CCc1ccccc1C(=O)O)NC1(c2ccccc2)CCC1. The predicted octanol–water partition coefficient (Wildman–Crippen LogP) is 3.51. The Morgan fingerprint density at radius 3 is 2.29 bits per heavy atom. The van der Waals surface area contributed by atoms with E-state index >= 15 is 0 Å². The van der Waals surface area contributed by atoms with E-state index in [0.29, 0.717) is 18.4 Å². The van der Waals surface area contributed by atoms with E-state index in [2.05, 4.69) is 17.4 Å². The fourth-order valence-electron chi connectivity index (χ4n) is 3.30. The van der Waals surface area contributed by atoms with Crippen LogP contribution in [0.5, 0.6) is 0 Å². The normalized spacial score (nSPS) is 15.3. The second-order valence-electron chi connectivity index (χ2n) is 6.31. The van der Waals surface area contributed by atoms with Crippen molar-refractivity contribution in [1.29, 1.82) is 0 Å². The molecule has 1 aliphatic carbocycles.